The molecule has 206 valence electrons. The Morgan fingerprint density at radius 2 is 1.24 bits per heavy atom. The number of unbranched alkanes of at least 4 members (excludes halogenated alkanes) is 9. The van der Waals surface area contributed by atoms with Crippen molar-refractivity contribution >= 4 is 11.9 Å². The van der Waals surface area contributed by atoms with E-state index in [-0.39, 0.29) is 22.6 Å². The number of aromatic hydroxyl groups is 2. The molecule has 0 saturated carbocycles. The molecule has 0 saturated heterocycles. The minimum absolute atomic E-state index is 0.00546. The van der Waals surface area contributed by atoms with Crippen molar-refractivity contribution in [2.24, 2.45) is 5.92 Å². The van der Waals surface area contributed by atoms with Crippen LogP contribution in [-0.4, -0.2) is 39.5 Å². The molecule has 0 unspecified atom stereocenters. The molecule has 2 aromatic rings. The number of rotatable bonds is 16. The molecule has 37 heavy (non-hydrogen) atoms. The molecule has 0 atom stereocenters. The molecule has 0 heterocycles. The molecule has 0 aliphatic carbocycles. The van der Waals surface area contributed by atoms with Crippen LogP contribution in [0.15, 0.2) is 36.4 Å². The van der Waals surface area contributed by atoms with Gasteiger partial charge in [0.1, 0.15) is 28.4 Å². The third kappa shape index (κ3) is 13.6. The Morgan fingerprint density at radius 3 is 1.73 bits per heavy atom. The van der Waals surface area contributed by atoms with Crippen LogP contribution in [0.2, 0.25) is 0 Å². The van der Waals surface area contributed by atoms with Gasteiger partial charge < -0.3 is 25.2 Å². The number of aromatic carboxylic acids is 2. The molecule has 0 spiro atoms. The predicted octanol–water partition coefficient (Wildman–Crippen LogP) is 7.68. The number of aryl methyl sites for hydroxylation is 1. The Morgan fingerprint density at radius 1 is 0.703 bits per heavy atom. The largest absolute Gasteiger partial charge is 0.507 e. The summed E-state index contributed by atoms with van der Waals surface area (Å²) in [6.45, 7) is 4.60. The molecule has 0 radical (unpaired) electrons. The van der Waals surface area contributed by atoms with Crippen LogP contribution in [-0.2, 0) is 6.42 Å². The van der Waals surface area contributed by atoms with E-state index in [9.17, 15) is 14.7 Å². The molecule has 7 heteroatoms. The molecule has 7 nitrogen and oxygen atoms in total. The number of hydrogen-bond donors (Lipinski definition) is 4. The average molecular weight is 517 g/mol. The van der Waals surface area contributed by atoms with Crippen LogP contribution in [0.5, 0.6) is 17.2 Å². The summed E-state index contributed by atoms with van der Waals surface area (Å²) < 4.78 is 4.78. The van der Waals surface area contributed by atoms with Gasteiger partial charge in [0.25, 0.3) is 0 Å². The number of hydrogen-bond acceptors (Lipinski definition) is 5. The lowest BCUT2D eigenvalue weighted by Gasteiger charge is -2.06. The smallest absolute Gasteiger partial charge is 0.339 e. The summed E-state index contributed by atoms with van der Waals surface area (Å²) in [6, 6.07) is 8.92. The first-order valence-electron chi connectivity index (χ1n) is 13.3. The molecule has 0 fully saturated rings. The van der Waals surface area contributed by atoms with Gasteiger partial charge >= 0.3 is 11.9 Å². The molecule has 0 amide bonds. The van der Waals surface area contributed by atoms with E-state index in [0.717, 1.165) is 24.3 Å². The van der Waals surface area contributed by atoms with Crippen LogP contribution in [0.1, 0.15) is 111 Å². The molecule has 0 bridgehead atoms. The van der Waals surface area contributed by atoms with Gasteiger partial charge in [0.05, 0.1) is 7.11 Å². The highest BCUT2D eigenvalue weighted by atomic mass is 16.5. The Labute approximate surface area is 221 Å². The fraction of sp³-hybridized carbons (Fsp3) is 0.533. The molecular weight excluding hydrogens is 472 g/mol. The SMILES string of the molecule is CC(C)CCCCCCCCCCCCc1ccc(O)c(C(=O)O)c1.COc1ccc(C(=O)O)c(O)c1. The fourth-order valence-electron chi connectivity index (χ4n) is 4.03. The highest BCUT2D eigenvalue weighted by molar-refractivity contribution is 5.91. The van der Waals surface area contributed by atoms with Crippen molar-refractivity contribution < 1.29 is 34.8 Å². The molecule has 2 rings (SSSR count). The van der Waals surface area contributed by atoms with E-state index in [1.165, 1.54) is 95.6 Å². The van der Waals surface area contributed by atoms with Gasteiger partial charge in [0.2, 0.25) is 0 Å². The van der Waals surface area contributed by atoms with Gasteiger partial charge in [-0.25, -0.2) is 9.59 Å². The van der Waals surface area contributed by atoms with Gasteiger partial charge in [-0.05, 0) is 48.6 Å². The third-order valence-corrected chi connectivity index (χ3v) is 6.22. The van der Waals surface area contributed by atoms with Gasteiger partial charge in [-0.1, -0.05) is 84.1 Å². The molecule has 0 aliphatic heterocycles. The first kappa shape index (κ1) is 31.8. The summed E-state index contributed by atoms with van der Waals surface area (Å²) in [5, 5.41) is 36.2. The summed E-state index contributed by atoms with van der Waals surface area (Å²) in [5.41, 5.74) is 0.873. The number of carboxylic acid groups (broad SMARTS) is 2. The second-order valence-electron chi connectivity index (χ2n) is 9.81. The Kier molecular flexibility index (Phi) is 15.6. The van der Waals surface area contributed by atoms with Crippen LogP contribution >= 0.6 is 0 Å². The molecule has 0 aliphatic rings. The molecule has 2 aromatic carbocycles. The van der Waals surface area contributed by atoms with Crippen LogP contribution in [0.25, 0.3) is 0 Å². The monoisotopic (exact) mass is 516 g/mol. The van der Waals surface area contributed by atoms with E-state index in [1.54, 1.807) is 6.07 Å². The number of methoxy groups -OCH3 is 1. The standard InChI is InChI=1S/C22H36O3.C8H8O4/c1-18(2)13-11-9-7-5-3-4-6-8-10-12-14-19-15-16-21(23)20(17-19)22(24)25;1-12-5-2-3-6(8(10)11)7(9)4-5/h15-18,23H,3-14H2,1-2H3,(H,24,25);2-4,9H,1H3,(H,10,11). The van der Waals surface area contributed by atoms with Crippen molar-refractivity contribution in [3.63, 3.8) is 0 Å². The van der Waals surface area contributed by atoms with E-state index in [2.05, 4.69) is 13.8 Å². The maximum atomic E-state index is 11.0. The fourth-order valence-corrected chi connectivity index (χ4v) is 4.03. The zero-order chi connectivity index (χ0) is 27.6. The first-order valence-corrected chi connectivity index (χ1v) is 13.3. The number of ether oxygens (including phenoxy) is 1. The summed E-state index contributed by atoms with van der Waals surface area (Å²) >= 11 is 0. The van der Waals surface area contributed by atoms with Crippen molar-refractivity contribution in [3.05, 3.63) is 53.1 Å². The molecular formula is C30H44O7. The summed E-state index contributed by atoms with van der Waals surface area (Å²) in [4.78, 5) is 21.4. The van der Waals surface area contributed by atoms with E-state index in [0.29, 0.717) is 5.75 Å². The van der Waals surface area contributed by atoms with Crippen LogP contribution < -0.4 is 4.74 Å². The van der Waals surface area contributed by atoms with Crippen molar-refractivity contribution in [1.29, 1.82) is 0 Å². The summed E-state index contributed by atoms with van der Waals surface area (Å²) in [7, 11) is 1.44. The summed E-state index contributed by atoms with van der Waals surface area (Å²) in [6.07, 6.45) is 15.3. The Hall–Kier alpha value is -3.22. The van der Waals surface area contributed by atoms with Crippen LogP contribution in [0, 0.1) is 5.92 Å². The maximum absolute atomic E-state index is 11.0. The zero-order valence-corrected chi connectivity index (χ0v) is 22.5. The van der Waals surface area contributed by atoms with Crippen molar-refractivity contribution in [2.75, 3.05) is 7.11 Å². The lowest BCUT2D eigenvalue weighted by molar-refractivity contribution is 0.0682. The van der Waals surface area contributed by atoms with Gasteiger partial charge in [-0.3, -0.25) is 0 Å². The zero-order valence-electron chi connectivity index (χ0n) is 22.5. The number of phenols is 2. The quantitative estimate of drug-likeness (QED) is 0.169. The first-order chi connectivity index (χ1) is 17.6. The predicted molar refractivity (Wildman–Crippen MR) is 146 cm³/mol. The van der Waals surface area contributed by atoms with Crippen LogP contribution in [0.3, 0.4) is 0 Å². The van der Waals surface area contributed by atoms with Crippen molar-refractivity contribution in [2.45, 2.75) is 90.9 Å². The van der Waals surface area contributed by atoms with Crippen molar-refractivity contribution in [1.82, 2.24) is 0 Å². The second kappa shape index (κ2) is 18.1. The van der Waals surface area contributed by atoms with Gasteiger partial charge in [-0.15, -0.1) is 0 Å². The average Bonchev–Trinajstić information content (AvgIpc) is 2.85. The number of carboxylic acids is 2. The highest BCUT2D eigenvalue weighted by Gasteiger charge is 2.10. The Bertz CT molecular complexity index is 953. The number of benzene rings is 2. The summed E-state index contributed by atoms with van der Waals surface area (Å²) in [5.74, 6) is -1.39. The second-order valence-corrected chi connectivity index (χ2v) is 9.81. The minimum atomic E-state index is -1.16. The van der Waals surface area contributed by atoms with Crippen LogP contribution in [0.4, 0.5) is 0 Å². The molecule has 0 aromatic heterocycles. The van der Waals surface area contributed by atoms with Gasteiger partial charge in [0.15, 0.2) is 0 Å². The van der Waals surface area contributed by atoms with Gasteiger partial charge in [-0.2, -0.15) is 0 Å². The van der Waals surface area contributed by atoms with Crippen molar-refractivity contribution in [3.8, 4) is 17.2 Å². The van der Waals surface area contributed by atoms with Gasteiger partial charge in [0, 0.05) is 6.07 Å². The number of carbonyl (C=O) groups is 2. The normalized spacial score (nSPS) is 10.6. The van der Waals surface area contributed by atoms with E-state index in [4.69, 9.17) is 20.1 Å². The maximum Gasteiger partial charge on any atom is 0.339 e. The van der Waals surface area contributed by atoms with E-state index >= 15 is 0 Å². The third-order valence-electron chi connectivity index (χ3n) is 6.22. The Balaban J connectivity index is 0.000000474. The highest BCUT2D eigenvalue weighted by Crippen LogP contribution is 2.23. The molecule has 4 N–H and O–H groups in total. The lowest BCUT2D eigenvalue weighted by atomic mass is 10.0. The van der Waals surface area contributed by atoms with E-state index in [1.807, 2.05) is 6.07 Å². The minimum Gasteiger partial charge on any atom is -0.507 e. The lowest BCUT2D eigenvalue weighted by Crippen LogP contribution is -1.98. The van der Waals surface area contributed by atoms with E-state index < -0.39 is 11.9 Å². The topological polar surface area (TPSA) is 124 Å².